The average molecular weight is 468 g/mol. The molecule has 33 heavy (non-hydrogen) atoms. The Kier molecular flexibility index (Phi) is 7.47. The van der Waals surface area contributed by atoms with Gasteiger partial charge in [-0.3, -0.25) is 14.5 Å². The van der Waals surface area contributed by atoms with Crippen molar-refractivity contribution in [3.63, 3.8) is 0 Å². The standard InChI is InChI=1S/C24H26FN5O2S/c25-21-5-2-6-22(20(21)16-26)29-9-7-28(8-10-29)17-23(31)27-19-4-1-3-18(15-19)24(32)30-11-13-33-14-12-30/h1-6,15H,7-14,17H2,(H,27,31). The van der Waals surface area contributed by atoms with Gasteiger partial charge in [0.25, 0.3) is 5.91 Å². The number of carbonyl (C=O) groups is 2. The van der Waals surface area contributed by atoms with Gasteiger partial charge < -0.3 is 15.1 Å². The summed E-state index contributed by atoms with van der Waals surface area (Å²) in [5.41, 5.74) is 1.84. The van der Waals surface area contributed by atoms with Gasteiger partial charge in [0, 0.05) is 62.0 Å². The first kappa shape index (κ1) is 23.1. The van der Waals surface area contributed by atoms with Crippen molar-refractivity contribution in [1.29, 1.82) is 5.26 Å². The third-order valence-corrected chi connectivity index (χ3v) is 6.82. The summed E-state index contributed by atoms with van der Waals surface area (Å²) in [7, 11) is 0. The fourth-order valence-electron chi connectivity index (χ4n) is 4.12. The molecule has 0 unspecified atom stereocenters. The minimum absolute atomic E-state index is 0.00314. The smallest absolute Gasteiger partial charge is 0.253 e. The maximum atomic E-state index is 13.9. The summed E-state index contributed by atoms with van der Waals surface area (Å²) in [5, 5.41) is 12.2. The van der Waals surface area contributed by atoms with Crippen molar-refractivity contribution >= 4 is 35.0 Å². The van der Waals surface area contributed by atoms with Crippen LogP contribution in [0.5, 0.6) is 0 Å². The Bertz CT molecular complexity index is 1060. The van der Waals surface area contributed by atoms with Crippen LogP contribution in [0.2, 0.25) is 0 Å². The van der Waals surface area contributed by atoms with Crippen LogP contribution >= 0.6 is 11.8 Å². The fraction of sp³-hybridized carbons (Fsp3) is 0.375. The van der Waals surface area contributed by atoms with E-state index in [0.29, 0.717) is 43.1 Å². The van der Waals surface area contributed by atoms with E-state index >= 15 is 0 Å². The van der Waals surface area contributed by atoms with Crippen molar-refractivity contribution in [2.45, 2.75) is 0 Å². The Labute approximate surface area is 197 Å². The Morgan fingerprint density at radius 2 is 1.76 bits per heavy atom. The molecule has 0 atom stereocenters. The van der Waals surface area contributed by atoms with Crippen LogP contribution in [-0.4, -0.2) is 78.9 Å². The highest BCUT2D eigenvalue weighted by Crippen LogP contribution is 2.24. The first-order valence-electron chi connectivity index (χ1n) is 11.0. The molecule has 2 heterocycles. The predicted molar refractivity (Wildman–Crippen MR) is 128 cm³/mol. The molecule has 0 saturated carbocycles. The van der Waals surface area contributed by atoms with Gasteiger partial charge in [-0.1, -0.05) is 12.1 Å². The van der Waals surface area contributed by atoms with E-state index in [2.05, 4.69) is 5.32 Å². The quantitative estimate of drug-likeness (QED) is 0.728. The number of hydrogen-bond donors (Lipinski definition) is 1. The summed E-state index contributed by atoms with van der Waals surface area (Å²) in [4.78, 5) is 31.2. The van der Waals surface area contributed by atoms with E-state index in [-0.39, 0.29) is 23.9 Å². The third-order valence-electron chi connectivity index (χ3n) is 5.88. The van der Waals surface area contributed by atoms with E-state index in [4.69, 9.17) is 0 Å². The van der Waals surface area contributed by atoms with E-state index in [9.17, 15) is 19.2 Å². The maximum Gasteiger partial charge on any atom is 0.253 e. The Morgan fingerprint density at radius 1 is 1.03 bits per heavy atom. The summed E-state index contributed by atoms with van der Waals surface area (Å²) >= 11 is 1.85. The molecule has 0 aliphatic carbocycles. The fourth-order valence-corrected chi connectivity index (χ4v) is 5.02. The van der Waals surface area contributed by atoms with Crippen molar-refractivity contribution in [3.8, 4) is 6.07 Å². The molecule has 2 saturated heterocycles. The second-order valence-corrected chi connectivity index (χ2v) is 9.27. The first-order valence-corrected chi connectivity index (χ1v) is 12.1. The highest BCUT2D eigenvalue weighted by molar-refractivity contribution is 7.99. The Balaban J connectivity index is 1.30. The molecule has 0 spiro atoms. The second-order valence-electron chi connectivity index (χ2n) is 8.04. The van der Waals surface area contributed by atoms with Crippen LogP contribution < -0.4 is 10.2 Å². The number of nitrogens with one attached hydrogen (secondary N) is 1. The van der Waals surface area contributed by atoms with E-state index in [1.165, 1.54) is 6.07 Å². The monoisotopic (exact) mass is 467 g/mol. The van der Waals surface area contributed by atoms with Gasteiger partial charge in [-0.05, 0) is 30.3 Å². The molecule has 0 aromatic heterocycles. The summed E-state index contributed by atoms with van der Waals surface area (Å²) in [6.45, 7) is 4.17. The van der Waals surface area contributed by atoms with Gasteiger partial charge in [-0.25, -0.2) is 4.39 Å². The molecule has 172 valence electrons. The molecule has 2 aliphatic heterocycles. The van der Waals surface area contributed by atoms with Crippen molar-refractivity contribution in [1.82, 2.24) is 9.80 Å². The largest absolute Gasteiger partial charge is 0.368 e. The van der Waals surface area contributed by atoms with E-state index in [0.717, 1.165) is 24.6 Å². The van der Waals surface area contributed by atoms with Crippen molar-refractivity contribution < 1.29 is 14.0 Å². The molecule has 0 radical (unpaired) electrons. The van der Waals surface area contributed by atoms with Crippen molar-refractivity contribution in [3.05, 3.63) is 59.4 Å². The zero-order valence-electron chi connectivity index (χ0n) is 18.3. The van der Waals surface area contributed by atoms with Crippen LogP contribution in [-0.2, 0) is 4.79 Å². The van der Waals surface area contributed by atoms with Crippen LogP contribution in [0.4, 0.5) is 15.8 Å². The molecule has 2 aromatic rings. The molecule has 2 amide bonds. The minimum atomic E-state index is -0.517. The normalized spacial score (nSPS) is 16.8. The van der Waals surface area contributed by atoms with Crippen LogP contribution in [0.3, 0.4) is 0 Å². The van der Waals surface area contributed by atoms with Crippen LogP contribution in [0.25, 0.3) is 0 Å². The number of thioether (sulfide) groups is 1. The van der Waals surface area contributed by atoms with E-state index < -0.39 is 5.82 Å². The number of amides is 2. The van der Waals surface area contributed by atoms with Gasteiger partial charge in [0.2, 0.25) is 5.91 Å². The van der Waals surface area contributed by atoms with Gasteiger partial charge in [0.15, 0.2) is 0 Å². The summed E-state index contributed by atoms with van der Waals surface area (Å²) < 4.78 is 13.9. The third kappa shape index (κ3) is 5.64. The molecule has 2 fully saturated rings. The Morgan fingerprint density at radius 3 is 2.48 bits per heavy atom. The molecular weight excluding hydrogens is 441 g/mol. The van der Waals surface area contributed by atoms with Gasteiger partial charge in [-0.15, -0.1) is 0 Å². The maximum absolute atomic E-state index is 13.9. The number of rotatable bonds is 5. The zero-order chi connectivity index (χ0) is 23.2. The van der Waals surface area contributed by atoms with Crippen LogP contribution in [0.1, 0.15) is 15.9 Å². The first-order chi connectivity index (χ1) is 16.0. The minimum Gasteiger partial charge on any atom is -0.368 e. The highest BCUT2D eigenvalue weighted by Gasteiger charge is 2.23. The van der Waals surface area contributed by atoms with E-state index in [1.54, 1.807) is 36.4 Å². The topological polar surface area (TPSA) is 79.7 Å². The number of piperazine rings is 1. The zero-order valence-corrected chi connectivity index (χ0v) is 19.1. The number of halogens is 1. The summed E-state index contributed by atoms with van der Waals surface area (Å²) in [5.74, 6) is 1.23. The molecule has 0 bridgehead atoms. The van der Waals surface area contributed by atoms with Gasteiger partial charge >= 0.3 is 0 Å². The molecule has 4 rings (SSSR count). The molecule has 7 nitrogen and oxygen atoms in total. The van der Waals surface area contributed by atoms with Crippen molar-refractivity contribution in [2.75, 3.05) is 67.5 Å². The number of hydrogen-bond acceptors (Lipinski definition) is 6. The predicted octanol–water partition coefficient (Wildman–Crippen LogP) is 2.65. The van der Waals surface area contributed by atoms with E-state index in [1.807, 2.05) is 32.5 Å². The SMILES string of the molecule is N#Cc1c(F)cccc1N1CCN(CC(=O)Nc2cccc(C(=O)N3CCSCC3)c2)CC1. The number of nitriles is 1. The number of anilines is 2. The molecule has 2 aromatic carbocycles. The second kappa shape index (κ2) is 10.7. The molecule has 2 aliphatic rings. The van der Waals surface area contributed by atoms with Gasteiger partial charge in [0.1, 0.15) is 17.4 Å². The lowest BCUT2D eigenvalue weighted by Gasteiger charge is -2.36. The summed E-state index contributed by atoms with van der Waals surface area (Å²) in [6.07, 6.45) is 0. The van der Waals surface area contributed by atoms with Crippen molar-refractivity contribution in [2.24, 2.45) is 0 Å². The lowest BCUT2D eigenvalue weighted by atomic mass is 10.1. The average Bonchev–Trinajstić information content (AvgIpc) is 2.84. The van der Waals surface area contributed by atoms with Crippen LogP contribution in [0, 0.1) is 17.1 Å². The van der Waals surface area contributed by atoms with Gasteiger partial charge in [0.05, 0.1) is 12.2 Å². The molecule has 1 N–H and O–H groups in total. The number of benzene rings is 2. The summed E-state index contributed by atoms with van der Waals surface area (Å²) in [6, 6.07) is 13.7. The lowest BCUT2D eigenvalue weighted by molar-refractivity contribution is -0.117. The van der Waals surface area contributed by atoms with Crippen LogP contribution in [0.15, 0.2) is 42.5 Å². The lowest BCUT2D eigenvalue weighted by Crippen LogP contribution is -2.49. The number of nitrogens with zero attached hydrogens (tertiary/aromatic N) is 4. The highest BCUT2D eigenvalue weighted by atomic mass is 32.2. The molecule has 9 heteroatoms. The molecular formula is C24H26FN5O2S. The Hall–Kier alpha value is -3.09. The number of carbonyl (C=O) groups excluding carboxylic acids is 2. The van der Waals surface area contributed by atoms with Gasteiger partial charge in [-0.2, -0.15) is 17.0 Å².